The topological polar surface area (TPSA) is 138 Å². The van der Waals surface area contributed by atoms with E-state index in [0.717, 1.165) is 4.90 Å². The molecule has 34 heavy (non-hydrogen) atoms. The summed E-state index contributed by atoms with van der Waals surface area (Å²) < 4.78 is 34.2. The number of methoxy groups -OCH3 is 1. The van der Waals surface area contributed by atoms with Gasteiger partial charge in [-0.05, 0) is 34.1 Å². The third-order valence-corrected chi connectivity index (χ3v) is 5.93. The number of carbonyl (C=O) groups excluding carboxylic acids is 3. The van der Waals surface area contributed by atoms with Gasteiger partial charge in [-0.1, -0.05) is 24.3 Å². The maximum atomic E-state index is 14.6. The number of halogens is 3. The summed E-state index contributed by atoms with van der Waals surface area (Å²) in [6.07, 6.45) is -2.90. The SMILES string of the molecule is CO[C@H]1[C@@H](C(=O)Nc2cccc(Br)c2F)N(C(=O)CNc2ccccc2C(=N)C(N)=O)C[C@@H]1F. The number of ether oxygens (including phenoxy) is 1. The molecule has 0 aromatic heterocycles. The van der Waals surface area contributed by atoms with Crippen molar-refractivity contribution < 1.29 is 27.9 Å². The summed E-state index contributed by atoms with van der Waals surface area (Å²) in [4.78, 5) is 38.3. The summed E-state index contributed by atoms with van der Waals surface area (Å²) in [6.45, 7) is -0.780. The van der Waals surface area contributed by atoms with E-state index in [0.29, 0.717) is 0 Å². The zero-order valence-corrected chi connectivity index (χ0v) is 19.6. The molecule has 3 rings (SSSR count). The van der Waals surface area contributed by atoms with E-state index < -0.39 is 54.1 Å². The molecular formula is C22H22BrF2N5O4. The Balaban J connectivity index is 1.79. The molecule has 0 aliphatic carbocycles. The molecule has 0 radical (unpaired) electrons. The highest BCUT2D eigenvalue weighted by Crippen LogP contribution is 2.27. The number of rotatable bonds is 8. The molecule has 9 nitrogen and oxygen atoms in total. The van der Waals surface area contributed by atoms with E-state index in [-0.39, 0.29) is 28.0 Å². The molecule has 0 spiro atoms. The summed E-state index contributed by atoms with van der Waals surface area (Å²) in [7, 11) is 1.22. The van der Waals surface area contributed by atoms with Crippen LogP contribution < -0.4 is 16.4 Å². The molecule has 2 aromatic carbocycles. The fourth-order valence-corrected chi connectivity index (χ4v) is 4.04. The molecule has 2 aromatic rings. The predicted octanol–water partition coefficient (Wildman–Crippen LogP) is 2.06. The first kappa shape index (κ1) is 25.2. The van der Waals surface area contributed by atoms with E-state index >= 15 is 0 Å². The van der Waals surface area contributed by atoms with Crippen molar-refractivity contribution in [2.75, 3.05) is 30.8 Å². The number of nitrogens with one attached hydrogen (secondary N) is 3. The Labute approximate surface area is 202 Å². The normalized spacial score (nSPS) is 19.5. The number of nitrogens with two attached hydrogens (primary N) is 1. The average Bonchev–Trinajstić information content (AvgIpc) is 3.16. The minimum atomic E-state index is -1.65. The monoisotopic (exact) mass is 537 g/mol. The molecule has 180 valence electrons. The van der Waals surface area contributed by atoms with Crippen LogP contribution in [-0.4, -0.2) is 66.8 Å². The number of hydrogen-bond acceptors (Lipinski definition) is 6. The first-order chi connectivity index (χ1) is 16.1. The van der Waals surface area contributed by atoms with Gasteiger partial charge in [-0.25, -0.2) is 8.78 Å². The van der Waals surface area contributed by atoms with Crippen molar-refractivity contribution in [3.63, 3.8) is 0 Å². The Kier molecular flexibility index (Phi) is 7.94. The Morgan fingerprint density at radius 2 is 1.88 bits per heavy atom. The van der Waals surface area contributed by atoms with Crippen molar-refractivity contribution in [3.05, 3.63) is 58.3 Å². The second-order valence-electron chi connectivity index (χ2n) is 7.44. The van der Waals surface area contributed by atoms with Gasteiger partial charge in [0.2, 0.25) is 11.8 Å². The van der Waals surface area contributed by atoms with E-state index in [1.807, 2.05) is 0 Å². The molecule has 1 aliphatic heterocycles. The van der Waals surface area contributed by atoms with Crippen LogP contribution in [-0.2, 0) is 19.1 Å². The molecule has 0 bridgehead atoms. The van der Waals surface area contributed by atoms with Gasteiger partial charge in [0.1, 0.15) is 24.0 Å². The van der Waals surface area contributed by atoms with Gasteiger partial charge < -0.3 is 26.0 Å². The number of para-hydroxylation sites is 1. The molecule has 0 unspecified atom stereocenters. The highest BCUT2D eigenvalue weighted by atomic mass is 79.9. The van der Waals surface area contributed by atoms with Crippen LogP contribution in [0.25, 0.3) is 0 Å². The summed E-state index contributed by atoms with van der Waals surface area (Å²) in [5.41, 5.74) is 5.06. The number of amides is 3. The standard InChI is InChI=1S/C22H22BrF2N5O4/c1-34-20-13(24)10-30(19(20)22(33)29-15-8-4-6-12(23)17(15)25)16(31)9-28-14-7-3-2-5-11(14)18(26)21(27)32/h2-8,13,19-20,26,28H,9-10H2,1H3,(H2,27,32)(H,29,33)/t13-,19-,20+/m0/s1. The molecule has 1 saturated heterocycles. The first-order valence-electron chi connectivity index (χ1n) is 10.1. The van der Waals surface area contributed by atoms with Crippen LogP contribution in [0.3, 0.4) is 0 Å². The van der Waals surface area contributed by atoms with Gasteiger partial charge >= 0.3 is 0 Å². The minimum absolute atomic E-state index is 0.126. The number of nitrogens with zero attached hydrogens (tertiary/aromatic N) is 1. The lowest BCUT2D eigenvalue weighted by Crippen LogP contribution is -2.50. The number of alkyl halides is 1. The Bertz CT molecular complexity index is 1130. The largest absolute Gasteiger partial charge is 0.376 e. The molecular weight excluding hydrogens is 516 g/mol. The molecule has 12 heteroatoms. The molecule has 3 amide bonds. The highest BCUT2D eigenvalue weighted by Gasteiger charge is 2.48. The first-order valence-corrected chi connectivity index (χ1v) is 10.9. The fraction of sp³-hybridized carbons (Fsp3) is 0.273. The molecule has 3 atom stereocenters. The number of primary amides is 1. The maximum absolute atomic E-state index is 14.6. The third kappa shape index (κ3) is 5.23. The van der Waals surface area contributed by atoms with Gasteiger partial charge in [-0.3, -0.25) is 19.8 Å². The molecule has 5 N–H and O–H groups in total. The average molecular weight is 538 g/mol. The fourth-order valence-electron chi connectivity index (χ4n) is 3.67. The maximum Gasteiger partial charge on any atom is 0.267 e. The summed E-state index contributed by atoms with van der Waals surface area (Å²) in [6, 6.07) is 9.19. The second-order valence-corrected chi connectivity index (χ2v) is 8.29. The van der Waals surface area contributed by atoms with Crippen LogP contribution >= 0.6 is 15.9 Å². The van der Waals surface area contributed by atoms with Crippen molar-refractivity contribution in [3.8, 4) is 0 Å². The smallest absolute Gasteiger partial charge is 0.267 e. The number of hydrogen-bond donors (Lipinski definition) is 4. The Morgan fingerprint density at radius 3 is 2.56 bits per heavy atom. The van der Waals surface area contributed by atoms with Crippen molar-refractivity contribution in [2.45, 2.75) is 18.3 Å². The molecule has 1 fully saturated rings. The van der Waals surface area contributed by atoms with Crippen molar-refractivity contribution >= 4 is 50.7 Å². The lowest BCUT2D eigenvalue weighted by Gasteiger charge is -2.26. The Hall–Kier alpha value is -3.38. The molecule has 0 saturated carbocycles. The summed E-state index contributed by atoms with van der Waals surface area (Å²) in [5.74, 6) is -3.11. The summed E-state index contributed by atoms with van der Waals surface area (Å²) in [5, 5.41) is 13.0. The van der Waals surface area contributed by atoms with E-state index in [4.69, 9.17) is 15.9 Å². The number of benzene rings is 2. The van der Waals surface area contributed by atoms with Gasteiger partial charge in [-0.2, -0.15) is 0 Å². The van der Waals surface area contributed by atoms with Gasteiger partial charge in [0.05, 0.1) is 23.2 Å². The zero-order chi connectivity index (χ0) is 25.0. The molecule has 1 heterocycles. The quantitative estimate of drug-likeness (QED) is 0.382. The predicted molar refractivity (Wildman–Crippen MR) is 125 cm³/mol. The zero-order valence-electron chi connectivity index (χ0n) is 18.0. The summed E-state index contributed by atoms with van der Waals surface area (Å²) >= 11 is 3.03. The minimum Gasteiger partial charge on any atom is -0.376 e. The van der Waals surface area contributed by atoms with Gasteiger partial charge in [0.25, 0.3) is 5.91 Å². The number of anilines is 2. The third-order valence-electron chi connectivity index (χ3n) is 5.32. The Morgan fingerprint density at radius 1 is 1.21 bits per heavy atom. The van der Waals surface area contributed by atoms with Gasteiger partial charge in [-0.15, -0.1) is 0 Å². The van der Waals surface area contributed by atoms with E-state index in [1.165, 1.54) is 31.4 Å². The van der Waals surface area contributed by atoms with E-state index in [2.05, 4.69) is 26.6 Å². The molecule has 1 aliphatic rings. The van der Waals surface area contributed by atoms with Crippen LogP contribution in [0, 0.1) is 11.2 Å². The lowest BCUT2D eigenvalue weighted by molar-refractivity contribution is -0.137. The van der Waals surface area contributed by atoms with Crippen LogP contribution in [0.4, 0.5) is 20.2 Å². The van der Waals surface area contributed by atoms with Crippen molar-refractivity contribution in [1.29, 1.82) is 5.41 Å². The number of likely N-dealkylation sites (tertiary alicyclic amines) is 1. The second kappa shape index (κ2) is 10.7. The van der Waals surface area contributed by atoms with Gasteiger partial charge in [0.15, 0.2) is 5.82 Å². The van der Waals surface area contributed by atoms with E-state index in [9.17, 15) is 23.2 Å². The van der Waals surface area contributed by atoms with E-state index in [1.54, 1.807) is 18.2 Å². The van der Waals surface area contributed by atoms with Crippen LogP contribution in [0.2, 0.25) is 0 Å². The van der Waals surface area contributed by atoms with Crippen LogP contribution in [0.1, 0.15) is 5.56 Å². The van der Waals surface area contributed by atoms with Gasteiger partial charge in [0, 0.05) is 18.4 Å². The van der Waals surface area contributed by atoms with Crippen molar-refractivity contribution in [2.24, 2.45) is 5.73 Å². The highest BCUT2D eigenvalue weighted by molar-refractivity contribution is 9.10. The van der Waals surface area contributed by atoms with Crippen molar-refractivity contribution in [1.82, 2.24) is 4.90 Å². The van der Waals surface area contributed by atoms with Crippen LogP contribution in [0.5, 0.6) is 0 Å². The number of carbonyl (C=O) groups is 3. The lowest BCUT2D eigenvalue weighted by atomic mass is 10.1. The van der Waals surface area contributed by atoms with Crippen LogP contribution in [0.15, 0.2) is 46.9 Å².